The van der Waals surface area contributed by atoms with E-state index in [0.717, 1.165) is 18.7 Å². The van der Waals surface area contributed by atoms with Crippen molar-refractivity contribution in [3.05, 3.63) is 59.7 Å². The minimum Gasteiger partial charge on any atom is -0.485 e. The molecule has 3 nitrogen and oxygen atoms in total. The van der Waals surface area contributed by atoms with Gasteiger partial charge in [-0.3, -0.25) is 0 Å². The van der Waals surface area contributed by atoms with E-state index < -0.39 is 0 Å². The Balaban J connectivity index is 1.78. The van der Waals surface area contributed by atoms with Crippen LogP contribution in [0.15, 0.2) is 48.5 Å². The van der Waals surface area contributed by atoms with Crippen molar-refractivity contribution in [1.29, 1.82) is 0 Å². The van der Waals surface area contributed by atoms with Gasteiger partial charge in [-0.2, -0.15) is 0 Å². The fourth-order valence-electron chi connectivity index (χ4n) is 3.42. The number of nitrogens with zero attached hydrogens (tertiary/aromatic N) is 1. The molecule has 0 saturated heterocycles. The molecule has 0 amide bonds. The summed E-state index contributed by atoms with van der Waals surface area (Å²) >= 11 is 0. The molecule has 2 aromatic rings. The number of hydrogen-bond acceptors (Lipinski definition) is 3. The quantitative estimate of drug-likeness (QED) is 0.907. The topological polar surface area (TPSA) is 32.7 Å². The van der Waals surface area contributed by atoms with E-state index in [4.69, 9.17) is 4.74 Å². The summed E-state index contributed by atoms with van der Waals surface area (Å²) in [5.74, 6) is 0.904. The van der Waals surface area contributed by atoms with Crippen LogP contribution in [0.2, 0.25) is 0 Å². The Hall–Kier alpha value is -2.00. The fourth-order valence-corrected chi connectivity index (χ4v) is 3.42. The van der Waals surface area contributed by atoms with Gasteiger partial charge in [-0.25, -0.2) is 0 Å². The summed E-state index contributed by atoms with van der Waals surface area (Å²) in [4.78, 5) is 2.38. The number of hydrogen-bond donors (Lipinski definition) is 1. The second kappa shape index (κ2) is 4.53. The molecule has 2 atom stereocenters. The van der Waals surface area contributed by atoms with Crippen LogP contribution < -0.4 is 9.64 Å². The monoisotopic (exact) mass is 267 g/mol. The number of benzene rings is 2. The van der Waals surface area contributed by atoms with E-state index in [1.54, 1.807) is 0 Å². The summed E-state index contributed by atoms with van der Waals surface area (Å²) < 4.78 is 5.90. The molecule has 1 N–H and O–H groups in total. The van der Waals surface area contributed by atoms with Gasteiger partial charge < -0.3 is 14.7 Å². The number of anilines is 1. The summed E-state index contributed by atoms with van der Waals surface area (Å²) in [6.07, 6.45) is 0.881. The average Bonchev–Trinajstić information content (AvgIpc) is 3.07. The number of aliphatic hydroxyl groups excluding tert-OH is 1. The van der Waals surface area contributed by atoms with E-state index in [0.29, 0.717) is 0 Å². The molecule has 0 saturated carbocycles. The van der Waals surface area contributed by atoms with Crippen molar-refractivity contribution in [3.63, 3.8) is 0 Å². The normalized spacial score (nSPS) is 23.4. The van der Waals surface area contributed by atoms with Gasteiger partial charge in [0.25, 0.3) is 0 Å². The molecular weight excluding hydrogens is 250 g/mol. The van der Waals surface area contributed by atoms with Crippen LogP contribution in [0.1, 0.15) is 17.2 Å². The van der Waals surface area contributed by atoms with E-state index in [1.165, 1.54) is 16.8 Å². The third-order valence-electron chi connectivity index (χ3n) is 4.31. The molecule has 0 aliphatic carbocycles. The first-order valence-corrected chi connectivity index (χ1v) is 7.09. The first-order valence-electron chi connectivity index (χ1n) is 7.09. The fraction of sp³-hybridized carbons (Fsp3) is 0.294. The van der Waals surface area contributed by atoms with Gasteiger partial charge in [0.1, 0.15) is 11.9 Å². The second-order valence-corrected chi connectivity index (χ2v) is 5.39. The van der Waals surface area contributed by atoms with E-state index in [-0.39, 0.29) is 18.8 Å². The predicted octanol–water partition coefficient (Wildman–Crippen LogP) is 2.54. The molecule has 3 heteroatoms. The van der Waals surface area contributed by atoms with Gasteiger partial charge in [0.2, 0.25) is 0 Å². The Morgan fingerprint density at radius 2 is 1.90 bits per heavy atom. The highest BCUT2D eigenvalue weighted by Gasteiger charge is 2.40. The smallest absolute Gasteiger partial charge is 0.146 e. The number of para-hydroxylation sites is 2. The van der Waals surface area contributed by atoms with Crippen molar-refractivity contribution in [2.24, 2.45) is 0 Å². The molecule has 2 aliphatic heterocycles. The molecule has 0 spiro atoms. The Morgan fingerprint density at radius 3 is 2.80 bits per heavy atom. The zero-order valence-corrected chi connectivity index (χ0v) is 11.2. The lowest BCUT2D eigenvalue weighted by Crippen LogP contribution is -2.36. The SMILES string of the molecule is OCC1Oc2ccccc2C1N1CCc2ccccc21. The largest absolute Gasteiger partial charge is 0.485 e. The molecule has 0 bridgehead atoms. The van der Waals surface area contributed by atoms with Gasteiger partial charge in [-0.1, -0.05) is 36.4 Å². The van der Waals surface area contributed by atoms with Crippen LogP contribution in [-0.2, 0) is 6.42 Å². The molecule has 0 aromatic heterocycles. The van der Waals surface area contributed by atoms with Gasteiger partial charge in [-0.05, 0) is 24.1 Å². The van der Waals surface area contributed by atoms with Crippen molar-refractivity contribution >= 4 is 5.69 Å². The third-order valence-corrected chi connectivity index (χ3v) is 4.31. The first-order chi connectivity index (χ1) is 9.88. The number of rotatable bonds is 2. The third kappa shape index (κ3) is 1.63. The van der Waals surface area contributed by atoms with Gasteiger partial charge in [-0.15, -0.1) is 0 Å². The van der Waals surface area contributed by atoms with E-state index in [2.05, 4.69) is 35.2 Å². The maximum atomic E-state index is 9.67. The summed E-state index contributed by atoms with van der Waals surface area (Å²) in [5.41, 5.74) is 3.84. The number of ether oxygens (including phenoxy) is 1. The minimum atomic E-state index is -0.182. The lowest BCUT2D eigenvalue weighted by molar-refractivity contribution is 0.115. The molecule has 2 heterocycles. The van der Waals surface area contributed by atoms with Crippen molar-refractivity contribution in [1.82, 2.24) is 0 Å². The van der Waals surface area contributed by atoms with Gasteiger partial charge in [0.05, 0.1) is 12.6 Å². The summed E-state index contributed by atoms with van der Waals surface area (Å²) in [5, 5.41) is 9.67. The van der Waals surface area contributed by atoms with Crippen LogP contribution in [-0.4, -0.2) is 24.4 Å². The summed E-state index contributed by atoms with van der Waals surface area (Å²) in [7, 11) is 0. The maximum Gasteiger partial charge on any atom is 0.146 e. The molecule has 0 radical (unpaired) electrons. The predicted molar refractivity (Wildman–Crippen MR) is 78.2 cm³/mol. The standard InChI is InChI=1S/C17H17NO2/c19-11-16-17(13-6-2-4-8-15(13)20-16)18-10-9-12-5-1-3-7-14(12)18/h1-8,16-17,19H,9-11H2. The lowest BCUT2D eigenvalue weighted by atomic mass is 10.0. The molecular formula is C17H17NO2. The zero-order valence-electron chi connectivity index (χ0n) is 11.2. The molecule has 0 fully saturated rings. The van der Waals surface area contributed by atoms with Crippen molar-refractivity contribution in [2.75, 3.05) is 18.1 Å². The van der Waals surface area contributed by atoms with Gasteiger partial charge >= 0.3 is 0 Å². The molecule has 4 rings (SSSR count). The van der Waals surface area contributed by atoms with Crippen LogP contribution in [0.25, 0.3) is 0 Å². The van der Waals surface area contributed by atoms with Crippen molar-refractivity contribution in [2.45, 2.75) is 18.6 Å². The Kier molecular flexibility index (Phi) is 2.67. The second-order valence-electron chi connectivity index (χ2n) is 5.39. The highest BCUT2D eigenvalue weighted by Crippen LogP contribution is 2.44. The first kappa shape index (κ1) is 11.8. The van der Waals surface area contributed by atoms with Crippen molar-refractivity contribution in [3.8, 4) is 5.75 Å². The minimum absolute atomic E-state index is 0.0397. The van der Waals surface area contributed by atoms with E-state index in [1.807, 2.05) is 18.2 Å². The van der Waals surface area contributed by atoms with Crippen LogP contribution in [0.4, 0.5) is 5.69 Å². The van der Waals surface area contributed by atoms with Crippen LogP contribution in [0.5, 0.6) is 5.75 Å². The summed E-state index contributed by atoms with van der Waals surface area (Å²) in [6.45, 7) is 1.02. The molecule has 102 valence electrons. The lowest BCUT2D eigenvalue weighted by Gasteiger charge is -2.30. The summed E-state index contributed by atoms with van der Waals surface area (Å²) in [6, 6.07) is 16.7. The maximum absolute atomic E-state index is 9.67. The van der Waals surface area contributed by atoms with Crippen LogP contribution in [0, 0.1) is 0 Å². The van der Waals surface area contributed by atoms with Gasteiger partial charge in [0, 0.05) is 17.8 Å². The van der Waals surface area contributed by atoms with E-state index in [9.17, 15) is 5.11 Å². The van der Waals surface area contributed by atoms with Gasteiger partial charge in [0.15, 0.2) is 0 Å². The average molecular weight is 267 g/mol. The highest BCUT2D eigenvalue weighted by atomic mass is 16.5. The van der Waals surface area contributed by atoms with Crippen LogP contribution >= 0.6 is 0 Å². The molecule has 2 unspecified atom stereocenters. The van der Waals surface area contributed by atoms with Crippen molar-refractivity contribution < 1.29 is 9.84 Å². The van der Waals surface area contributed by atoms with E-state index >= 15 is 0 Å². The highest BCUT2D eigenvalue weighted by molar-refractivity contribution is 5.61. The Labute approximate surface area is 118 Å². The van der Waals surface area contributed by atoms with Crippen LogP contribution in [0.3, 0.4) is 0 Å². The molecule has 20 heavy (non-hydrogen) atoms. The number of fused-ring (bicyclic) bond motifs is 2. The molecule has 2 aliphatic rings. The zero-order chi connectivity index (χ0) is 13.5. The number of aliphatic hydroxyl groups is 1. The Morgan fingerprint density at radius 1 is 1.10 bits per heavy atom. The molecule has 2 aromatic carbocycles. The Bertz CT molecular complexity index is 640.